The number of nitrogens with one attached hydrogen (secondary N) is 1. The van der Waals surface area contributed by atoms with Crippen LogP contribution in [0.5, 0.6) is 0 Å². The summed E-state index contributed by atoms with van der Waals surface area (Å²) in [4.78, 5) is 14.1. The Kier molecular flexibility index (Phi) is 5.24. The van der Waals surface area contributed by atoms with E-state index in [4.69, 9.17) is 0 Å². The highest BCUT2D eigenvalue weighted by Gasteiger charge is 2.32. The van der Waals surface area contributed by atoms with Crippen LogP contribution in [0.4, 0.5) is 4.39 Å². The van der Waals surface area contributed by atoms with E-state index in [9.17, 15) is 9.18 Å². The van der Waals surface area contributed by atoms with Crippen molar-refractivity contribution in [1.29, 1.82) is 0 Å². The molecule has 1 N–H and O–H groups in total. The number of aryl methyl sites for hydroxylation is 2. The first-order valence-corrected chi connectivity index (χ1v) is 8.21. The molecule has 1 saturated heterocycles. The van der Waals surface area contributed by atoms with Gasteiger partial charge in [0.15, 0.2) is 0 Å². The highest BCUT2D eigenvalue weighted by molar-refractivity contribution is 5.75. The van der Waals surface area contributed by atoms with E-state index in [1.54, 1.807) is 21.8 Å². The summed E-state index contributed by atoms with van der Waals surface area (Å²) < 4.78 is 17.3. The second-order valence-electron chi connectivity index (χ2n) is 6.19. The smallest absolute Gasteiger partial charge is 0.221 e. The molecular weight excluding hydrogens is 311 g/mol. The molecule has 130 valence electrons. The molecule has 2 aromatic rings. The first-order chi connectivity index (χ1) is 11.6. The van der Waals surface area contributed by atoms with E-state index in [-0.39, 0.29) is 11.9 Å². The lowest BCUT2D eigenvalue weighted by Crippen LogP contribution is -2.40. The minimum absolute atomic E-state index is 0.0172. The molecule has 1 aliphatic rings. The summed E-state index contributed by atoms with van der Waals surface area (Å²) >= 11 is 0. The van der Waals surface area contributed by atoms with Crippen LogP contribution in [0.1, 0.15) is 18.5 Å². The number of hydrogen-bond donors (Lipinski definition) is 1. The Labute approximate surface area is 140 Å². The third kappa shape index (κ3) is 4.19. The summed E-state index contributed by atoms with van der Waals surface area (Å²) in [5, 5.41) is 11.1. The molecule has 0 unspecified atom stereocenters. The summed E-state index contributed by atoms with van der Waals surface area (Å²) in [5.74, 6) is -0.0340. The third-order valence-electron chi connectivity index (χ3n) is 4.43. The fourth-order valence-electron chi connectivity index (χ4n) is 3.06. The maximum atomic E-state index is 13.8. The highest BCUT2D eigenvalue weighted by atomic mass is 19.1. The fraction of sp³-hybridized carbons (Fsp3) is 0.562. The molecule has 0 aliphatic carbocycles. The number of carbonyl (C=O) groups excluding carboxylic acids is 1. The van der Waals surface area contributed by atoms with Crippen LogP contribution in [-0.4, -0.2) is 55.7 Å². The molecule has 0 aromatic carbocycles. The van der Waals surface area contributed by atoms with E-state index in [1.807, 2.05) is 25.4 Å². The molecule has 2 aromatic heterocycles. The molecule has 1 aliphatic heterocycles. The van der Waals surface area contributed by atoms with Crippen molar-refractivity contribution in [2.75, 3.05) is 13.1 Å². The van der Waals surface area contributed by atoms with Crippen molar-refractivity contribution in [1.82, 2.24) is 29.8 Å². The number of nitrogens with zero attached hydrogens (tertiary/aromatic N) is 5. The van der Waals surface area contributed by atoms with Crippen molar-refractivity contribution >= 4 is 5.91 Å². The Balaban J connectivity index is 1.47. The normalized spacial score (nSPS) is 21.2. The molecule has 1 fully saturated rings. The maximum absolute atomic E-state index is 13.8. The largest absolute Gasteiger partial charge is 0.354 e. The van der Waals surface area contributed by atoms with Crippen molar-refractivity contribution in [2.45, 2.75) is 38.1 Å². The van der Waals surface area contributed by atoms with Crippen molar-refractivity contribution in [3.63, 3.8) is 0 Å². The van der Waals surface area contributed by atoms with Gasteiger partial charge in [-0.3, -0.25) is 19.1 Å². The molecule has 0 bridgehead atoms. The Hall–Kier alpha value is -2.22. The summed E-state index contributed by atoms with van der Waals surface area (Å²) in [5.41, 5.74) is 1.04. The highest BCUT2D eigenvalue weighted by Crippen LogP contribution is 2.22. The molecule has 3 rings (SSSR count). The summed E-state index contributed by atoms with van der Waals surface area (Å²) in [6.45, 7) is 2.06. The first kappa shape index (κ1) is 16.6. The predicted octanol–water partition coefficient (Wildman–Crippen LogP) is 0.735. The second-order valence-corrected chi connectivity index (χ2v) is 6.19. The number of carbonyl (C=O) groups is 1. The van der Waals surface area contributed by atoms with Crippen molar-refractivity contribution in [3.05, 3.63) is 36.4 Å². The minimum Gasteiger partial charge on any atom is -0.354 e. The summed E-state index contributed by atoms with van der Waals surface area (Å²) in [6.07, 6.45) is 5.24. The Morgan fingerprint density at radius 3 is 3.00 bits per heavy atom. The van der Waals surface area contributed by atoms with E-state index in [1.165, 1.54) is 0 Å². The van der Waals surface area contributed by atoms with E-state index >= 15 is 0 Å². The minimum atomic E-state index is -0.843. The van der Waals surface area contributed by atoms with E-state index in [2.05, 4.69) is 20.4 Å². The zero-order valence-electron chi connectivity index (χ0n) is 13.8. The van der Waals surface area contributed by atoms with E-state index < -0.39 is 6.17 Å². The number of halogens is 1. The van der Waals surface area contributed by atoms with Crippen LogP contribution in [-0.2, 0) is 24.9 Å². The van der Waals surface area contributed by atoms with Crippen LogP contribution in [0.15, 0.2) is 30.7 Å². The van der Waals surface area contributed by atoms with Crippen molar-refractivity contribution < 1.29 is 9.18 Å². The lowest BCUT2D eigenvalue weighted by molar-refractivity contribution is -0.121. The topological polar surface area (TPSA) is 68.0 Å². The first-order valence-electron chi connectivity index (χ1n) is 8.21. The number of hydrogen-bond acceptors (Lipinski definition) is 4. The number of likely N-dealkylation sites (tertiary alicyclic amines) is 1. The summed E-state index contributed by atoms with van der Waals surface area (Å²) in [7, 11) is 1.88. The predicted molar refractivity (Wildman–Crippen MR) is 86.8 cm³/mol. The van der Waals surface area contributed by atoms with Gasteiger partial charge < -0.3 is 5.32 Å². The SMILES string of the molecule is Cn1nccc1CN1C[C@@H](F)C[C@H]1CNC(=O)CCn1cccn1. The molecule has 0 radical (unpaired) electrons. The maximum Gasteiger partial charge on any atom is 0.221 e. The quantitative estimate of drug-likeness (QED) is 0.811. The van der Waals surface area contributed by atoms with E-state index in [0.717, 1.165) is 5.69 Å². The van der Waals surface area contributed by atoms with Gasteiger partial charge in [0.2, 0.25) is 5.91 Å². The van der Waals surface area contributed by atoms with Gasteiger partial charge in [-0.1, -0.05) is 0 Å². The van der Waals surface area contributed by atoms with Gasteiger partial charge in [0.05, 0.1) is 5.69 Å². The van der Waals surface area contributed by atoms with Crippen LogP contribution in [0, 0.1) is 0 Å². The zero-order chi connectivity index (χ0) is 16.9. The molecular formula is C16H23FN6O. The van der Waals surface area contributed by atoms with Gasteiger partial charge in [0, 0.05) is 64.3 Å². The Morgan fingerprint density at radius 1 is 1.42 bits per heavy atom. The van der Waals surface area contributed by atoms with Crippen LogP contribution in [0.2, 0.25) is 0 Å². The van der Waals surface area contributed by atoms with Crippen LogP contribution in [0.3, 0.4) is 0 Å². The Morgan fingerprint density at radius 2 is 2.29 bits per heavy atom. The van der Waals surface area contributed by atoms with Gasteiger partial charge in [-0.2, -0.15) is 10.2 Å². The monoisotopic (exact) mass is 334 g/mol. The molecule has 0 spiro atoms. The molecule has 7 nitrogen and oxygen atoms in total. The lowest BCUT2D eigenvalue weighted by atomic mass is 10.2. The van der Waals surface area contributed by atoms with Crippen molar-refractivity contribution in [2.24, 2.45) is 7.05 Å². The zero-order valence-corrected chi connectivity index (χ0v) is 13.8. The molecule has 1 amide bonds. The average Bonchev–Trinajstić information content (AvgIpc) is 3.27. The van der Waals surface area contributed by atoms with E-state index in [0.29, 0.717) is 39.0 Å². The second kappa shape index (κ2) is 7.57. The van der Waals surface area contributed by atoms with Gasteiger partial charge >= 0.3 is 0 Å². The molecule has 3 heterocycles. The molecule has 24 heavy (non-hydrogen) atoms. The van der Waals surface area contributed by atoms with Gasteiger partial charge in [-0.05, 0) is 18.6 Å². The van der Waals surface area contributed by atoms with Gasteiger partial charge in [-0.15, -0.1) is 0 Å². The molecule has 2 atom stereocenters. The third-order valence-corrected chi connectivity index (χ3v) is 4.43. The van der Waals surface area contributed by atoms with Crippen molar-refractivity contribution in [3.8, 4) is 0 Å². The number of amides is 1. The summed E-state index contributed by atoms with van der Waals surface area (Å²) in [6, 6.07) is 3.78. The molecule has 8 heteroatoms. The van der Waals surface area contributed by atoms with Gasteiger partial charge in [-0.25, -0.2) is 4.39 Å². The average molecular weight is 334 g/mol. The molecule has 0 saturated carbocycles. The van der Waals surface area contributed by atoms with Gasteiger partial charge in [0.1, 0.15) is 6.17 Å². The van der Waals surface area contributed by atoms with Crippen LogP contribution < -0.4 is 5.32 Å². The van der Waals surface area contributed by atoms with Crippen LogP contribution in [0.25, 0.3) is 0 Å². The fourth-order valence-corrected chi connectivity index (χ4v) is 3.06. The Bertz CT molecular complexity index is 655. The van der Waals surface area contributed by atoms with Gasteiger partial charge in [0.25, 0.3) is 0 Å². The number of aromatic nitrogens is 4. The number of alkyl halides is 1. The lowest BCUT2D eigenvalue weighted by Gasteiger charge is -2.24. The standard InChI is InChI=1S/C16H23FN6O/c1-21-14(3-6-19-21)12-22-11-13(17)9-15(22)10-18-16(24)4-8-23-7-2-5-20-23/h2-3,5-7,13,15H,4,8-12H2,1H3,(H,18,24)/t13-,15-/m0/s1. The van der Waals surface area contributed by atoms with Crippen LogP contribution >= 0.6 is 0 Å². The number of rotatable bonds is 7.